The molecule has 3 unspecified atom stereocenters. The van der Waals surface area contributed by atoms with Gasteiger partial charge in [-0.05, 0) is 24.5 Å². The topological polar surface area (TPSA) is 71.2 Å². The van der Waals surface area contributed by atoms with Gasteiger partial charge in [-0.15, -0.1) is 5.10 Å². The number of carbonyl (C=O) groups is 1. The lowest BCUT2D eigenvalue weighted by atomic mass is 9.68. The van der Waals surface area contributed by atoms with Crippen molar-refractivity contribution in [1.29, 1.82) is 0 Å². The van der Waals surface area contributed by atoms with Crippen molar-refractivity contribution in [2.75, 3.05) is 0 Å². The highest BCUT2D eigenvalue weighted by molar-refractivity contribution is 6.13. The predicted molar refractivity (Wildman–Crippen MR) is 155 cm³/mol. The zero-order valence-corrected chi connectivity index (χ0v) is 22.0. The van der Waals surface area contributed by atoms with Gasteiger partial charge in [0.2, 0.25) is 0 Å². The highest BCUT2D eigenvalue weighted by Crippen LogP contribution is 2.42. The maximum Gasteiger partial charge on any atom is 0.315 e. The van der Waals surface area contributed by atoms with Gasteiger partial charge in [-0.1, -0.05) is 121 Å². The molecular weight excluding hydrogens is 484 g/mol. The Morgan fingerprint density at radius 1 is 0.821 bits per heavy atom. The average molecular weight is 517 g/mol. The fourth-order valence-electron chi connectivity index (χ4n) is 5.21. The standard InChI is InChI=1S/C34H32N2O3/c1-34(38)22-29(26-16-8-3-9-17-26)31(33(37)39-24-25-14-6-2-7-15-25)30(23-34)35-36-32(27-18-10-4-11-19-27)28-20-12-5-13-21-28/h2-21,29,31,38H,22-24H2,1H3. The molecule has 1 saturated carbocycles. The van der Waals surface area contributed by atoms with Gasteiger partial charge in [-0.2, -0.15) is 5.10 Å². The largest absolute Gasteiger partial charge is 0.460 e. The first-order chi connectivity index (χ1) is 19.0. The molecule has 0 heterocycles. The first kappa shape index (κ1) is 26.3. The summed E-state index contributed by atoms with van der Waals surface area (Å²) in [7, 11) is 0. The molecule has 1 aliphatic rings. The van der Waals surface area contributed by atoms with E-state index in [1.54, 1.807) is 6.92 Å². The summed E-state index contributed by atoms with van der Waals surface area (Å²) >= 11 is 0. The Kier molecular flexibility index (Phi) is 8.09. The Hall–Kier alpha value is -4.35. The van der Waals surface area contributed by atoms with Crippen LogP contribution in [0.4, 0.5) is 0 Å². The molecule has 39 heavy (non-hydrogen) atoms. The third-order valence-electron chi connectivity index (χ3n) is 7.06. The summed E-state index contributed by atoms with van der Waals surface area (Å²) in [6, 6.07) is 39.2. The number of ether oxygens (including phenoxy) is 1. The van der Waals surface area contributed by atoms with Crippen LogP contribution >= 0.6 is 0 Å². The summed E-state index contributed by atoms with van der Waals surface area (Å²) in [6.07, 6.45) is 0.636. The highest BCUT2D eigenvalue weighted by atomic mass is 16.5. The van der Waals surface area contributed by atoms with E-state index < -0.39 is 11.5 Å². The van der Waals surface area contributed by atoms with Crippen molar-refractivity contribution < 1.29 is 14.6 Å². The molecule has 0 saturated heterocycles. The van der Waals surface area contributed by atoms with Crippen molar-refractivity contribution in [3.05, 3.63) is 144 Å². The van der Waals surface area contributed by atoms with E-state index >= 15 is 0 Å². The van der Waals surface area contributed by atoms with E-state index in [4.69, 9.17) is 14.9 Å². The SMILES string of the molecule is CC1(O)CC(=NN=C(c2ccccc2)c2ccccc2)C(C(=O)OCc2ccccc2)C(c2ccccc2)C1. The maximum absolute atomic E-state index is 13.7. The van der Waals surface area contributed by atoms with E-state index in [0.29, 0.717) is 17.8 Å². The number of esters is 1. The van der Waals surface area contributed by atoms with Gasteiger partial charge < -0.3 is 9.84 Å². The molecule has 0 bridgehead atoms. The molecule has 4 aromatic rings. The van der Waals surface area contributed by atoms with E-state index in [1.807, 2.05) is 121 Å². The highest BCUT2D eigenvalue weighted by Gasteiger charge is 2.45. The third-order valence-corrected chi connectivity index (χ3v) is 7.06. The molecule has 1 N–H and O–H groups in total. The van der Waals surface area contributed by atoms with Crippen LogP contribution in [0.3, 0.4) is 0 Å². The van der Waals surface area contributed by atoms with Gasteiger partial charge in [-0.3, -0.25) is 4.79 Å². The number of rotatable bonds is 7. The maximum atomic E-state index is 13.7. The summed E-state index contributed by atoms with van der Waals surface area (Å²) in [4.78, 5) is 13.7. The molecule has 4 aromatic carbocycles. The molecule has 0 spiro atoms. The van der Waals surface area contributed by atoms with Crippen LogP contribution < -0.4 is 0 Å². The molecule has 1 fully saturated rings. The predicted octanol–water partition coefficient (Wildman–Crippen LogP) is 6.57. The van der Waals surface area contributed by atoms with Crippen LogP contribution in [0, 0.1) is 5.92 Å². The van der Waals surface area contributed by atoms with Crippen molar-refractivity contribution in [3.8, 4) is 0 Å². The van der Waals surface area contributed by atoms with Crippen LogP contribution in [0.1, 0.15) is 47.9 Å². The Morgan fingerprint density at radius 3 is 1.90 bits per heavy atom. The zero-order valence-electron chi connectivity index (χ0n) is 22.0. The second kappa shape index (κ2) is 12.0. The van der Waals surface area contributed by atoms with Crippen molar-refractivity contribution in [2.45, 2.75) is 37.9 Å². The Bertz CT molecular complexity index is 1390. The average Bonchev–Trinajstić information content (AvgIpc) is 2.97. The number of hydrogen-bond donors (Lipinski definition) is 1. The summed E-state index contributed by atoms with van der Waals surface area (Å²) in [5, 5.41) is 20.7. The number of nitrogens with zero attached hydrogens (tertiary/aromatic N) is 2. The van der Waals surface area contributed by atoms with Crippen LogP contribution in [0.15, 0.2) is 132 Å². The smallest absolute Gasteiger partial charge is 0.315 e. The second-order valence-electron chi connectivity index (χ2n) is 10.2. The minimum absolute atomic E-state index is 0.171. The van der Waals surface area contributed by atoms with Gasteiger partial charge in [0.1, 0.15) is 18.2 Å². The Balaban J connectivity index is 1.57. The van der Waals surface area contributed by atoms with Crippen LogP contribution in [-0.4, -0.2) is 28.1 Å². The molecule has 196 valence electrons. The van der Waals surface area contributed by atoms with Crippen LogP contribution in [0.2, 0.25) is 0 Å². The first-order valence-electron chi connectivity index (χ1n) is 13.2. The molecule has 5 rings (SSSR count). The monoisotopic (exact) mass is 516 g/mol. The van der Waals surface area contributed by atoms with Crippen molar-refractivity contribution in [3.63, 3.8) is 0 Å². The summed E-state index contributed by atoms with van der Waals surface area (Å²) in [5.41, 5.74) is 3.87. The third kappa shape index (κ3) is 6.57. The second-order valence-corrected chi connectivity index (χ2v) is 10.2. The first-order valence-corrected chi connectivity index (χ1v) is 13.2. The van der Waals surface area contributed by atoms with Crippen LogP contribution in [-0.2, 0) is 16.1 Å². The Morgan fingerprint density at radius 2 is 1.33 bits per heavy atom. The van der Waals surface area contributed by atoms with E-state index in [9.17, 15) is 9.90 Å². The summed E-state index contributed by atoms with van der Waals surface area (Å²) < 4.78 is 5.84. The van der Waals surface area contributed by atoms with Crippen LogP contribution in [0.5, 0.6) is 0 Å². The summed E-state index contributed by atoms with van der Waals surface area (Å²) in [6.45, 7) is 1.97. The number of carbonyl (C=O) groups excluding carboxylic acids is 1. The quantitative estimate of drug-likeness (QED) is 0.172. The van der Waals surface area contributed by atoms with Gasteiger partial charge in [0.15, 0.2) is 0 Å². The lowest BCUT2D eigenvalue weighted by Gasteiger charge is -2.39. The van der Waals surface area contributed by atoms with Crippen LogP contribution in [0.25, 0.3) is 0 Å². The van der Waals surface area contributed by atoms with E-state index in [0.717, 1.165) is 22.3 Å². The molecule has 0 amide bonds. The molecule has 3 atom stereocenters. The van der Waals surface area contributed by atoms with Gasteiger partial charge in [0.25, 0.3) is 0 Å². The molecule has 0 aliphatic heterocycles. The number of benzene rings is 4. The minimum Gasteiger partial charge on any atom is -0.460 e. The van der Waals surface area contributed by atoms with Crippen molar-refractivity contribution >= 4 is 17.4 Å². The lowest BCUT2D eigenvalue weighted by Crippen LogP contribution is -2.45. The molecule has 5 nitrogen and oxygen atoms in total. The van der Waals surface area contributed by atoms with Gasteiger partial charge in [-0.25, -0.2) is 0 Å². The van der Waals surface area contributed by atoms with E-state index in [-0.39, 0.29) is 24.9 Å². The summed E-state index contributed by atoms with van der Waals surface area (Å²) in [5.74, 6) is -1.34. The molecular formula is C34H32N2O3. The van der Waals surface area contributed by atoms with E-state index in [1.165, 1.54) is 0 Å². The minimum atomic E-state index is -1.05. The number of hydrogen-bond acceptors (Lipinski definition) is 5. The zero-order chi connectivity index (χ0) is 27.1. The van der Waals surface area contributed by atoms with Gasteiger partial charge in [0.05, 0.1) is 11.3 Å². The molecule has 0 radical (unpaired) electrons. The molecule has 1 aliphatic carbocycles. The van der Waals surface area contributed by atoms with Gasteiger partial charge >= 0.3 is 5.97 Å². The molecule has 0 aromatic heterocycles. The van der Waals surface area contributed by atoms with Crippen molar-refractivity contribution in [2.24, 2.45) is 16.1 Å². The van der Waals surface area contributed by atoms with E-state index in [2.05, 4.69) is 0 Å². The van der Waals surface area contributed by atoms with Gasteiger partial charge in [0, 0.05) is 23.5 Å². The lowest BCUT2D eigenvalue weighted by molar-refractivity contribution is -0.149. The van der Waals surface area contributed by atoms with Crippen molar-refractivity contribution in [1.82, 2.24) is 0 Å². The number of aliphatic hydroxyl groups is 1. The fourth-order valence-corrected chi connectivity index (χ4v) is 5.21. The Labute approximate surface area is 229 Å². The fraction of sp³-hybridized carbons (Fsp3) is 0.206. The molecule has 5 heteroatoms. The normalized spacial score (nSPS) is 21.7.